The molecule has 2 aromatic rings. The Balaban J connectivity index is 1.45. The second-order valence-electron chi connectivity index (χ2n) is 8.22. The van der Waals surface area contributed by atoms with Gasteiger partial charge in [0.15, 0.2) is 5.65 Å². The van der Waals surface area contributed by atoms with Gasteiger partial charge < -0.3 is 9.30 Å². The minimum Gasteiger partial charge on any atom is -0.379 e. The maximum atomic E-state index is 6.39. The monoisotopic (exact) mass is 414 g/mol. The molecule has 1 saturated carbocycles. The number of hydrogen-bond acceptors (Lipinski definition) is 6. The van der Waals surface area contributed by atoms with Gasteiger partial charge in [0.2, 0.25) is 5.28 Å². The second-order valence-corrected chi connectivity index (χ2v) is 8.56. The van der Waals surface area contributed by atoms with Crippen molar-refractivity contribution in [3.8, 4) is 0 Å². The minimum atomic E-state index is -0.508. The van der Waals surface area contributed by atoms with Gasteiger partial charge in [0, 0.05) is 25.3 Å². The van der Waals surface area contributed by atoms with Gasteiger partial charge >= 0.3 is 0 Å². The normalized spacial score (nSPS) is 25.6. The Bertz CT molecular complexity index is 915. The van der Waals surface area contributed by atoms with E-state index in [2.05, 4.69) is 25.5 Å². The number of morpholine rings is 1. The van der Waals surface area contributed by atoms with E-state index in [0.717, 1.165) is 62.5 Å². The second kappa shape index (κ2) is 8.13. The first-order valence-electron chi connectivity index (χ1n) is 10.7. The molecule has 154 valence electrons. The molecular formula is C21H27ClN6O. The van der Waals surface area contributed by atoms with Gasteiger partial charge in [-0.05, 0) is 56.0 Å². The molecule has 1 saturated heterocycles. The van der Waals surface area contributed by atoms with E-state index in [4.69, 9.17) is 26.3 Å². The topological polar surface area (TPSA) is 68.4 Å². The molecule has 4 heterocycles. The van der Waals surface area contributed by atoms with E-state index in [-0.39, 0.29) is 5.28 Å². The van der Waals surface area contributed by atoms with Gasteiger partial charge in [-0.3, -0.25) is 9.89 Å². The van der Waals surface area contributed by atoms with Crippen molar-refractivity contribution in [2.24, 2.45) is 4.99 Å². The lowest BCUT2D eigenvalue weighted by Crippen LogP contribution is -2.37. The number of hydrogen-bond donors (Lipinski definition) is 0. The van der Waals surface area contributed by atoms with Gasteiger partial charge in [-0.15, -0.1) is 0 Å². The predicted octanol–water partition coefficient (Wildman–Crippen LogP) is 3.54. The zero-order chi connectivity index (χ0) is 19.7. The highest BCUT2D eigenvalue weighted by molar-refractivity contribution is 6.28. The lowest BCUT2D eigenvalue weighted by molar-refractivity contribution is 0.0367. The highest BCUT2D eigenvalue weighted by Crippen LogP contribution is 2.39. The molecular weight excluding hydrogens is 388 g/mol. The average molecular weight is 415 g/mol. The van der Waals surface area contributed by atoms with Gasteiger partial charge in [0.25, 0.3) is 0 Å². The molecule has 3 aliphatic rings. The number of halogens is 1. The van der Waals surface area contributed by atoms with Crippen LogP contribution in [0, 0.1) is 0 Å². The molecule has 8 heteroatoms. The minimum absolute atomic E-state index is 0.273. The SMILES string of the molecule is Clc1nc(C2(CCCN3CCOCC3)C=CC=N2)c2ncn(C3CCCC3)c2n1. The Labute approximate surface area is 175 Å². The highest BCUT2D eigenvalue weighted by atomic mass is 35.5. The molecule has 2 aromatic heterocycles. The summed E-state index contributed by atoms with van der Waals surface area (Å²) < 4.78 is 7.65. The fraction of sp³-hybridized carbons (Fsp3) is 0.619. The fourth-order valence-corrected chi connectivity index (χ4v) is 5.03. The van der Waals surface area contributed by atoms with Crippen molar-refractivity contribution in [3.05, 3.63) is 29.5 Å². The third-order valence-corrected chi connectivity index (χ3v) is 6.59. The molecule has 5 rings (SSSR count). The first kappa shape index (κ1) is 19.2. The van der Waals surface area contributed by atoms with Crippen LogP contribution in [0.5, 0.6) is 0 Å². The highest BCUT2D eigenvalue weighted by Gasteiger charge is 2.36. The Kier molecular flexibility index (Phi) is 5.37. The van der Waals surface area contributed by atoms with Crippen LogP contribution in [0.1, 0.15) is 50.3 Å². The summed E-state index contributed by atoms with van der Waals surface area (Å²) in [6.07, 6.45) is 14.7. The van der Waals surface area contributed by atoms with Crippen LogP contribution < -0.4 is 0 Å². The van der Waals surface area contributed by atoms with Crippen molar-refractivity contribution < 1.29 is 4.74 Å². The Morgan fingerprint density at radius 2 is 2.00 bits per heavy atom. The van der Waals surface area contributed by atoms with Crippen LogP contribution in [0.4, 0.5) is 0 Å². The molecule has 1 unspecified atom stereocenters. The molecule has 0 radical (unpaired) electrons. The molecule has 0 aromatic carbocycles. The molecule has 0 spiro atoms. The fourth-order valence-electron chi connectivity index (χ4n) is 4.87. The number of nitrogens with zero attached hydrogens (tertiary/aromatic N) is 6. The van der Waals surface area contributed by atoms with E-state index < -0.39 is 5.54 Å². The number of allylic oxidation sites excluding steroid dienone is 1. The Morgan fingerprint density at radius 3 is 2.76 bits per heavy atom. The summed E-state index contributed by atoms with van der Waals surface area (Å²) >= 11 is 6.39. The van der Waals surface area contributed by atoms with E-state index in [0.29, 0.717) is 6.04 Å². The average Bonchev–Trinajstić information content (AvgIpc) is 3.49. The Hall–Kier alpha value is -1.83. The quantitative estimate of drug-likeness (QED) is 0.676. The molecule has 2 aliphatic heterocycles. The lowest BCUT2D eigenvalue weighted by Gasteiger charge is -2.29. The van der Waals surface area contributed by atoms with Crippen LogP contribution in [-0.2, 0) is 10.3 Å². The number of aliphatic imine (C=N–C) groups is 1. The standard InChI is InChI=1S/C21H27ClN6O/c22-20-25-18(17-19(26-20)28(15-23-17)16-5-1-2-6-16)21(7-3-9-24-21)8-4-10-27-11-13-29-14-12-27/h3,7,9,15-16H,1-2,4-6,8,10-14H2. The number of fused-ring (bicyclic) bond motifs is 1. The zero-order valence-electron chi connectivity index (χ0n) is 16.6. The van der Waals surface area contributed by atoms with Crippen LogP contribution in [0.15, 0.2) is 23.5 Å². The summed E-state index contributed by atoms with van der Waals surface area (Å²) in [6.45, 7) is 4.68. The van der Waals surface area contributed by atoms with Crippen molar-refractivity contribution >= 4 is 29.0 Å². The summed E-state index contributed by atoms with van der Waals surface area (Å²) in [5.41, 5.74) is 1.99. The van der Waals surface area contributed by atoms with Gasteiger partial charge in [-0.1, -0.05) is 12.8 Å². The zero-order valence-corrected chi connectivity index (χ0v) is 17.4. The summed E-state index contributed by atoms with van der Waals surface area (Å²) in [4.78, 5) is 21.2. The van der Waals surface area contributed by atoms with E-state index in [1.807, 2.05) is 18.6 Å². The summed E-state index contributed by atoms with van der Waals surface area (Å²) in [5, 5.41) is 0.273. The first-order chi connectivity index (χ1) is 14.3. The van der Waals surface area contributed by atoms with Gasteiger partial charge in [-0.2, -0.15) is 4.98 Å². The van der Waals surface area contributed by atoms with E-state index in [9.17, 15) is 0 Å². The summed E-state index contributed by atoms with van der Waals surface area (Å²) in [5.74, 6) is 0. The maximum absolute atomic E-state index is 6.39. The van der Waals surface area contributed by atoms with Crippen molar-refractivity contribution in [1.82, 2.24) is 24.4 Å². The van der Waals surface area contributed by atoms with E-state index >= 15 is 0 Å². The van der Waals surface area contributed by atoms with Gasteiger partial charge in [-0.25, -0.2) is 9.97 Å². The Morgan fingerprint density at radius 1 is 1.17 bits per heavy atom. The van der Waals surface area contributed by atoms with Crippen LogP contribution in [-0.4, -0.2) is 63.5 Å². The number of rotatable bonds is 6. The lowest BCUT2D eigenvalue weighted by atomic mass is 9.90. The van der Waals surface area contributed by atoms with Gasteiger partial charge in [0.1, 0.15) is 16.7 Å². The van der Waals surface area contributed by atoms with Crippen molar-refractivity contribution in [2.75, 3.05) is 32.8 Å². The molecule has 1 atom stereocenters. The van der Waals surface area contributed by atoms with Crippen molar-refractivity contribution in [1.29, 1.82) is 0 Å². The largest absolute Gasteiger partial charge is 0.379 e. The molecule has 0 N–H and O–H groups in total. The molecule has 0 amide bonds. The van der Waals surface area contributed by atoms with E-state index in [1.165, 1.54) is 25.7 Å². The molecule has 1 aliphatic carbocycles. The van der Waals surface area contributed by atoms with Crippen molar-refractivity contribution in [2.45, 2.75) is 50.1 Å². The number of aromatic nitrogens is 4. The maximum Gasteiger partial charge on any atom is 0.224 e. The van der Waals surface area contributed by atoms with Gasteiger partial charge in [0.05, 0.1) is 19.5 Å². The molecule has 0 bridgehead atoms. The van der Waals surface area contributed by atoms with Crippen LogP contribution >= 0.6 is 11.6 Å². The van der Waals surface area contributed by atoms with E-state index in [1.54, 1.807) is 0 Å². The summed E-state index contributed by atoms with van der Waals surface area (Å²) in [7, 11) is 0. The molecule has 2 fully saturated rings. The van der Waals surface area contributed by atoms with Crippen molar-refractivity contribution in [3.63, 3.8) is 0 Å². The smallest absolute Gasteiger partial charge is 0.224 e. The number of ether oxygens (including phenoxy) is 1. The molecule has 7 nitrogen and oxygen atoms in total. The first-order valence-corrected chi connectivity index (χ1v) is 11.1. The van der Waals surface area contributed by atoms with Crippen LogP contribution in [0.2, 0.25) is 5.28 Å². The summed E-state index contributed by atoms with van der Waals surface area (Å²) in [6, 6.07) is 0.457. The number of imidazole rings is 1. The predicted molar refractivity (Wildman–Crippen MR) is 114 cm³/mol. The van der Waals surface area contributed by atoms with Crippen LogP contribution in [0.3, 0.4) is 0 Å². The third-order valence-electron chi connectivity index (χ3n) is 6.42. The third kappa shape index (κ3) is 3.71. The molecule has 29 heavy (non-hydrogen) atoms. The van der Waals surface area contributed by atoms with Crippen LogP contribution in [0.25, 0.3) is 11.2 Å².